The van der Waals surface area contributed by atoms with E-state index in [0.717, 1.165) is 10.6 Å². The summed E-state index contributed by atoms with van der Waals surface area (Å²) < 4.78 is 10.6. The van der Waals surface area contributed by atoms with Gasteiger partial charge >= 0.3 is 0 Å². The second-order valence-corrected chi connectivity index (χ2v) is 7.39. The number of hydrogen-bond donors (Lipinski definition) is 1. The molecule has 0 aliphatic carbocycles. The number of ether oxygens (including phenoxy) is 2. The lowest BCUT2D eigenvalue weighted by Gasteiger charge is -2.13. The van der Waals surface area contributed by atoms with Gasteiger partial charge in [0.1, 0.15) is 5.01 Å². The number of imide groups is 1. The van der Waals surface area contributed by atoms with Gasteiger partial charge in [0.05, 0.1) is 26.3 Å². The van der Waals surface area contributed by atoms with Crippen LogP contribution in [0, 0.1) is 0 Å². The fourth-order valence-corrected chi connectivity index (χ4v) is 3.87. The number of amides is 3. The van der Waals surface area contributed by atoms with Gasteiger partial charge in [-0.25, -0.2) is 4.98 Å². The van der Waals surface area contributed by atoms with Crippen LogP contribution in [-0.4, -0.2) is 54.9 Å². The zero-order valence-corrected chi connectivity index (χ0v) is 17.2. The molecule has 1 aromatic carbocycles. The molecule has 154 valence electrons. The molecule has 1 aliphatic rings. The van der Waals surface area contributed by atoms with Gasteiger partial charge < -0.3 is 14.8 Å². The van der Waals surface area contributed by atoms with Gasteiger partial charge in [-0.1, -0.05) is 0 Å². The van der Waals surface area contributed by atoms with E-state index in [1.54, 1.807) is 14.2 Å². The molecular weight excluding hydrogens is 394 g/mol. The Morgan fingerprint density at radius 3 is 2.59 bits per heavy atom. The maximum atomic E-state index is 12.1. The highest BCUT2D eigenvalue weighted by Gasteiger charge is 2.27. The van der Waals surface area contributed by atoms with Crippen LogP contribution in [0.15, 0.2) is 23.6 Å². The second-order valence-electron chi connectivity index (χ2n) is 6.53. The molecule has 0 bridgehead atoms. The topological polar surface area (TPSA) is 97.8 Å². The molecule has 9 heteroatoms. The molecule has 1 aromatic heterocycles. The number of aromatic nitrogens is 1. The van der Waals surface area contributed by atoms with Crippen LogP contribution in [0.5, 0.6) is 11.5 Å². The van der Waals surface area contributed by atoms with Gasteiger partial charge in [-0.15, -0.1) is 11.3 Å². The van der Waals surface area contributed by atoms with E-state index < -0.39 is 0 Å². The van der Waals surface area contributed by atoms with E-state index in [2.05, 4.69) is 10.3 Å². The van der Waals surface area contributed by atoms with Crippen molar-refractivity contribution in [2.24, 2.45) is 0 Å². The largest absolute Gasteiger partial charge is 0.493 e. The number of hydrogen-bond acceptors (Lipinski definition) is 7. The smallest absolute Gasteiger partial charge is 0.229 e. The molecule has 1 saturated heterocycles. The zero-order valence-electron chi connectivity index (χ0n) is 16.4. The molecule has 0 radical (unpaired) electrons. The molecule has 0 atom stereocenters. The van der Waals surface area contributed by atoms with Crippen molar-refractivity contribution in [3.63, 3.8) is 0 Å². The van der Waals surface area contributed by atoms with E-state index in [1.807, 2.05) is 23.6 Å². The SMILES string of the molecule is COc1ccc(-c2nc(CC(=O)NCCCN3C(=O)CCC3=O)cs2)cc1OC. The van der Waals surface area contributed by atoms with E-state index in [0.29, 0.717) is 36.7 Å². The molecule has 3 amide bonds. The summed E-state index contributed by atoms with van der Waals surface area (Å²) in [6.07, 6.45) is 1.29. The lowest BCUT2D eigenvalue weighted by molar-refractivity contribution is -0.138. The quantitative estimate of drug-likeness (QED) is 0.495. The molecule has 8 nitrogen and oxygen atoms in total. The Labute approximate surface area is 172 Å². The van der Waals surface area contributed by atoms with Crippen molar-refractivity contribution in [2.75, 3.05) is 27.3 Å². The lowest BCUT2D eigenvalue weighted by atomic mass is 10.2. The Morgan fingerprint density at radius 2 is 1.90 bits per heavy atom. The summed E-state index contributed by atoms with van der Waals surface area (Å²) in [5.74, 6) is 0.852. The van der Waals surface area contributed by atoms with Gasteiger partial charge in [0, 0.05) is 36.9 Å². The fraction of sp³-hybridized carbons (Fsp3) is 0.400. The minimum atomic E-state index is -0.145. The molecule has 3 rings (SSSR count). The number of nitrogens with one attached hydrogen (secondary N) is 1. The van der Waals surface area contributed by atoms with Gasteiger partial charge in [-0.3, -0.25) is 19.3 Å². The number of rotatable bonds is 9. The monoisotopic (exact) mass is 417 g/mol. The molecule has 2 aromatic rings. The lowest BCUT2D eigenvalue weighted by Crippen LogP contribution is -2.33. The molecule has 0 saturated carbocycles. The van der Waals surface area contributed by atoms with Crippen molar-refractivity contribution in [2.45, 2.75) is 25.7 Å². The highest BCUT2D eigenvalue weighted by atomic mass is 32.1. The first-order valence-corrected chi connectivity index (χ1v) is 10.2. The summed E-state index contributed by atoms with van der Waals surface area (Å²) in [6.45, 7) is 0.751. The van der Waals surface area contributed by atoms with Crippen molar-refractivity contribution in [3.05, 3.63) is 29.3 Å². The summed E-state index contributed by atoms with van der Waals surface area (Å²) in [4.78, 5) is 41.0. The average Bonchev–Trinajstić information content (AvgIpc) is 3.31. The van der Waals surface area contributed by atoms with Crippen LogP contribution in [0.4, 0.5) is 0 Å². The summed E-state index contributed by atoms with van der Waals surface area (Å²) in [5.41, 5.74) is 1.57. The van der Waals surface area contributed by atoms with Crippen LogP contribution in [0.3, 0.4) is 0 Å². The number of likely N-dealkylation sites (tertiary alicyclic amines) is 1. The summed E-state index contributed by atoms with van der Waals surface area (Å²) in [6, 6.07) is 5.56. The predicted octanol–water partition coefficient (Wildman–Crippen LogP) is 2.03. The number of carbonyl (C=O) groups excluding carboxylic acids is 3. The van der Waals surface area contributed by atoms with Crippen molar-refractivity contribution in [1.82, 2.24) is 15.2 Å². The Balaban J connectivity index is 1.49. The van der Waals surface area contributed by atoms with Crippen LogP contribution in [0.25, 0.3) is 10.6 Å². The third-order valence-electron chi connectivity index (χ3n) is 4.56. The average molecular weight is 417 g/mol. The van der Waals surface area contributed by atoms with Crippen molar-refractivity contribution >= 4 is 29.1 Å². The van der Waals surface area contributed by atoms with Gasteiger partial charge in [0.2, 0.25) is 17.7 Å². The van der Waals surface area contributed by atoms with Crippen LogP contribution in [0.1, 0.15) is 25.0 Å². The fourth-order valence-electron chi connectivity index (χ4n) is 3.05. The third kappa shape index (κ3) is 5.11. The van der Waals surface area contributed by atoms with E-state index in [1.165, 1.54) is 16.2 Å². The highest BCUT2D eigenvalue weighted by Crippen LogP contribution is 2.33. The maximum Gasteiger partial charge on any atom is 0.229 e. The molecule has 0 unspecified atom stereocenters. The Morgan fingerprint density at radius 1 is 1.17 bits per heavy atom. The first-order valence-electron chi connectivity index (χ1n) is 9.28. The molecule has 2 heterocycles. The number of thiazole rings is 1. The first-order chi connectivity index (χ1) is 14.0. The van der Waals surface area contributed by atoms with E-state index in [9.17, 15) is 14.4 Å². The Kier molecular flexibility index (Phi) is 6.82. The van der Waals surface area contributed by atoms with Crippen LogP contribution < -0.4 is 14.8 Å². The van der Waals surface area contributed by atoms with Crippen molar-refractivity contribution < 1.29 is 23.9 Å². The first kappa shape index (κ1) is 20.8. The van der Waals surface area contributed by atoms with Crippen molar-refractivity contribution in [1.29, 1.82) is 0 Å². The molecule has 1 fully saturated rings. The molecule has 1 N–H and O–H groups in total. The standard InChI is InChI=1S/C20H23N3O5S/c1-27-15-5-4-13(10-16(15)28-2)20-22-14(12-29-20)11-17(24)21-8-3-9-23-18(25)6-7-19(23)26/h4-5,10,12H,3,6-9,11H2,1-2H3,(H,21,24). The Bertz CT molecular complexity index is 895. The molecular formula is C20H23N3O5S. The minimum absolute atomic E-state index is 0.133. The van der Waals surface area contributed by atoms with E-state index in [-0.39, 0.29) is 37.0 Å². The highest BCUT2D eigenvalue weighted by molar-refractivity contribution is 7.13. The maximum absolute atomic E-state index is 12.1. The van der Waals surface area contributed by atoms with Crippen LogP contribution in [0.2, 0.25) is 0 Å². The molecule has 29 heavy (non-hydrogen) atoms. The predicted molar refractivity (Wildman–Crippen MR) is 108 cm³/mol. The number of methoxy groups -OCH3 is 2. The van der Waals surface area contributed by atoms with Crippen LogP contribution >= 0.6 is 11.3 Å². The van der Waals surface area contributed by atoms with Gasteiger partial charge in [0.25, 0.3) is 0 Å². The molecule has 1 aliphatic heterocycles. The van der Waals surface area contributed by atoms with E-state index in [4.69, 9.17) is 9.47 Å². The van der Waals surface area contributed by atoms with Gasteiger partial charge in [-0.2, -0.15) is 0 Å². The van der Waals surface area contributed by atoms with Crippen LogP contribution in [-0.2, 0) is 20.8 Å². The van der Waals surface area contributed by atoms with Gasteiger partial charge in [-0.05, 0) is 24.6 Å². The minimum Gasteiger partial charge on any atom is -0.493 e. The summed E-state index contributed by atoms with van der Waals surface area (Å²) in [5, 5.41) is 5.45. The Hall–Kier alpha value is -2.94. The number of benzene rings is 1. The number of carbonyl (C=O) groups is 3. The number of nitrogens with zero attached hydrogens (tertiary/aromatic N) is 2. The summed E-state index contributed by atoms with van der Waals surface area (Å²) >= 11 is 1.45. The van der Waals surface area contributed by atoms with E-state index >= 15 is 0 Å². The third-order valence-corrected chi connectivity index (χ3v) is 5.50. The van der Waals surface area contributed by atoms with Gasteiger partial charge in [0.15, 0.2) is 11.5 Å². The summed E-state index contributed by atoms with van der Waals surface area (Å²) in [7, 11) is 3.16. The zero-order chi connectivity index (χ0) is 20.8. The normalized spacial score (nSPS) is 13.7. The van der Waals surface area contributed by atoms with Crippen molar-refractivity contribution in [3.8, 4) is 22.1 Å². The molecule has 0 spiro atoms. The second kappa shape index (κ2) is 9.51.